The van der Waals surface area contributed by atoms with Gasteiger partial charge in [0.25, 0.3) is 0 Å². The molecule has 1 N–H and O–H groups in total. The minimum Gasteiger partial charge on any atom is -0.444 e. The molecule has 1 aromatic heterocycles. The number of nitrogens with zero attached hydrogens (tertiary/aromatic N) is 2. The summed E-state index contributed by atoms with van der Waals surface area (Å²) in [6.45, 7) is 8.04. The molecular weight excluding hydrogens is 446 g/mol. The Morgan fingerprint density at radius 3 is 2.35 bits per heavy atom. The van der Waals surface area contributed by atoms with Crippen molar-refractivity contribution in [2.45, 2.75) is 51.3 Å². The fraction of sp³-hybridized carbons (Fsp3) is 0.370. The lowest BCUT2D eigenvalue weighted by molar-refractivity contribution is -0.129. The van der Waals surface area contributed by atoms with E-state index in [4.69, 9.17) is 4.74 Å². The lowest BCUT2D eigenvalue weighted by Crippen LogP contribution is -2.54. The molecule has 1 aliphatic heterocycles. The number of benzene rings is 2. The topological polar surface area (TPSA) is 71.5 Å². The number of amides is 2. The third-order valence-corrected chi connectivity index (χ3v) is 7.13. The molecule has 4 rings (SSSR count). The van der Waals surface area contributed by atoms with E-state index >= 15 is 0 Å². The first-order valence-corrected chi connectivity index (χ1v) is 12.4. The quantitative estimate of drug-likeness (QED) is 0.507. The Hall–Kier alpha value is -3.19. The van der Waals surface area contributed by atoms with Gasteiger partial charge in [0.15, 0.2) is 0 Å². The predicted molar refractivity (Wildman–Crippen MR) is 133 cm³/mol. The zero-order chi connectivity index (χ0) is 24.3. The molecule has 0 radical (unpaired) electrons. The lowest BCUT2D eigenvalue weighted by Gasteiger charge is -2.39. The van der Waals surface area contributed by atoms with Crippen LogP contribution in [0.15, 0.2) is 72.2 Å². The molecule has 1 aliphatic rings. The second-order valence-corrected chi connectivity index (χ2v) is 10.6. The fourth-order valence-corrected chi connectivity index (χ4v) is 5.55. The summed E-state index contributed by atoms with van der Waals surface area (Å²) in [4.78, 5) is 33.0. The van der Waals surface area contributed by atoms with Crippen molar-refractivity contribution >= 4 is 23.3 Å². The van der Waals surface area contributed by atoms with Crippen LogP contribution in [0.1, 0.15) is 56.3 Å². The summed E-state index contributed by atoms with van der Waals surface area (Å²) in [7, 11) is 0. The van der Waals surface area contributed by atoms with Crippen molar-refractivity contribution in [2.75, 3.05) is 6.54 Å². The van der Waals surface area contributed by atoms with E-state index in [0.29, 0.717) is 13.0 Å². The number of rotatable bonds is 6. The highest BCUT2D eigenvalue weighted by atomic mass is 32.1. The molecule has 1 unspecified atom stereocenters. The number of likely N-dealkylation sites (tertiary alicyclic amines) is 1. The smallest absolute Gasteiger partial charge is 0.408 e. The number of ether oxygens (including phenoxy) is 1. The van der Waals surface area contributed by atoms with Crippen LogP contribution in [0.25, 0.3) is 0 Å². The third kappa shape index (κ3) is 4.85. The van der Waals surface area contributed by atoms with Crippen LogP contribution in [-0.2, 0) is 15.1 Å². The molecule has 0 saturated carbocycles. The molecule has 178 valence electrons. The molecule has 2 aromatic carbocycles. The zero-order valence-electron chi connectivity index (χ0n) is 20.0. The van der Waals surface area contributed by atoms with Gasteiger partial charge in [-0.3, -0.25) is 4.79 Å². The van der Waals surface area contributed by atoms with Gasteiger partial charge in [-0.15, -0.1) is 11.3 Å². The molecule has 6 nitrogen and oxygen atoms in total. The van der Waals surface area contributed by atoms with E-state index in [9.17, 15) is 9.59 Å². The molecule has 2 heterocycles. The van der Waals surface area contributed by atoms with Crippen LogP contribution in [0.2, 0.25) is 0 Å². The highest BCUT2D eigenvalue weighted by molar-refractivity contribution is 7.09. The van der Waals surface area contributed by atoms with Crippen LogP contribution >= 0.6 is 11.3 Å². The molecule has 1 saturated heterocycles. The predicted octanol–water partition coefficient (Wildman–Crippen LogP) is 5.52. The molecule has 2 amide bonds. The Kier molecular flexibility index (Phi) is 6.75. The second-order valence-electron chi connectivity index (χ2n) is 9.67. The molecular formula is C27H31N3O3S. The molecule has 3 aromatic rings. The number of thiazole rings is 1. The Morgan fingerprint density at radius 1 is 1.12 bits per heavy atom. The molecule has 1 fully saturated rings. The number of carbonyl (C=O) groups is 2. The maximum atomic E-state index is 13.3. The van der Waals surface area contributed by atoms with E-state index in [2.05, 4.69) is 10.3 Å². The van der Waals surface area contributed by atoms with Crippen LogP contribution in [0, 0.1) is 5.92 Å². The Labute approximate surface area is 205 Å². The number of hydrogen-bond donors (Lipinski definition) is 1. The highest BCUT2D eigenvalue weighted by Gasteiger charge is 2.51. The maximum Gasteiger partial charge on any atom is 0.408 e. The number of aromatic nitrogens is 1. The molecule has 0 aliphatic carbocycles. The highest BCUT2D eigenvalue weighted by Crippen LogP contribution is 2.44. The van der Waals surface area contributed by atoms with Crippen molar-refractivity contribution in [3.8, 4) is 0 Å². The number of alkyl carbamates (subject to hydrolysis) is 1. The van der Waals surface area contributed by atoms with Gasteiger partial charge in [0, 0.05) is 30.5 Å². The molecule has 34 heavy (non-hydrogen) atoms. The maximum absolute atomic E-state index is 13.3. The number of nitrogens with one attached hydrogen (secondary N) is 1. The lowest BCUT2D eigenvalue weighted by atomic mass is 9.77. The van der Waals surface area contributed by atoms with Gasteiger partial charge in [-0.05, 0) is 38.8 Å². The molecule has 7 heteroatoms. The minimum absolute atomic E-state index is 0.0594. The first-order chi connectivity index (χ1) is 16.2. The van der Waals surface area contributed by atoms with Gasteiger partial charge in [0.05, 0.1) is 6.04 Å². The zero-order valence-corrected chi connectivity index (χ0v) is 20.8. The monoisotopic (exact) mass is 477 g/mol. The summed E-state index contributed by atoms with van der Waals surface area (Å²) in [5.74, 6) is -0.170. The summed E-state index contributed by atoms with van der Waals surface area (Å²) in [6, 6.07) is 19.7. The van der Waals surface area contributed by atoms with Crippen LogP contribution in [0.3, 0.4) is 0 Å². The van der Waals surface area contributed by atoms with Crippen LogP contribution in [0.4, 0.5) is 4.79 Å². The number of hydrogen-bond acceptors (Lipinski definition) is 5. The summed E-state index contributed by atoms with van der Waals surface area (Å²) in [5.41, 5.74) is 0.298. The summed E-state index contributed by atoms with van der Waals surface area (Å²) >= 11 is 1.47. The van der Waals surface area contributed by atoms with Crippen LogP contribution in [-0.4, -0.2) is 34.0 Å². The second kappa shape index (κ2) is 9.58. The minimum atomic E-state index is -1.00. The number of carbonyl (C=O) groups excluding carboxylic acids is 2. The molecule has 0 spiro atoms. The Balaban J connectivity index is 1.76. The van der Waals surface area contributed by atoms with Crippen molar-refractivity contribution in [2.24, 2.45) is 5.92 Å². The molecule has 0 bridgehead atoms. The summed E-state index contributed by atoms with van der Waals surface area (Å²) in [6.07, 6.45) is 1.49. The van der Waals surface area contributed by atoms with Crippen LogP contribution < -0.4 is 5.32 Å². The summed E-state index contributed by atoms with van der Waals surface area (Å²) in [5, 5.41) is 5.80. The van der Waals surface area contributed by atoms with Crippen molar-refractivity contribution in [1.29, 1.82) is 0 Å². The van der Waals surface area contributed by atoms with E-state index in [0.717, 1.165) is 16.1 Å². The largest absolute Gasteiger partial charge is 0.444 e. The van der Waals surface area contributed by atoms with Crippen LogP contribution in [0.5, 0.6) is 0 Å². The van der Waals surface area contributed by atoms with Crippen molar-refractivity contribution < 1.29 is 14.3 Å². The Morgan fingerprint density at radius 2 is 1.76 bits per heavy atom. The standard InChI is InChI=1S/C27H31N3O3S/c1-19(20-11-7-5-8-12-20)30-18-22(17-23(30)31)27(24-28-15-16-34-24,21-13-9-6-10-14-21)29-25(32)33-26(2,3)4/h5-16,19,22H,17-18H2,1-4H3,(H,29,32)/t19-,22-,27?/m1/s1. The van der Waals surface area contributed by atoms with E-state index in [1.54, 1.807) is 6.20 Å². The van der Waals surface area contributed by atoms with Gasteiger partial charge < -0.3 is 15.0 Å². The normalized spacial score (nSPS) is 18.9. The van der Waals surface area contributed by atoms with E-state index in [1.165, 1.54) is 11.3 Å². The van der Waals surface area contributed by atoms with Crippen molar-refractivity contribution in [1.82, 2.24) is 15.2 Å². The average molecular weight is 478 g/mol. The van der Waals surface area contributed by atoms with Crippen molar-refractivity contribution in [3.63, 3.8) is 0 Å². The average Bonchev–Trinajstić information content (AvgIpc) is 3.48. The SMILES string of the molecule is C[C@H](c1ccccc1)N1C[C@H](C(NC(=O)OC(C)(C)C)(c2ccccc2)c2nccs2)CC1=O. The van der Waals surface area contributed by atoms with Crippen molar-refractivity contribution in [3.05, 3.63) is 88.4 Å². The van der Waals surface area contributed by atoms with Gasteiger partial charge in [0.2, 0.25) is 5.91 Å². The third-order valence-electron chi connectivity index (χ3n) is 6.22. The van der Waals surface area contributed by atoms with E-state index < -0.39 is 17.2 Å². The van der Waals surface area contributed by atoms with Gasteiger partial charge in [0.1, 0.15) is 16.1 Å². The van der Waals surface area contributed by atoms with Gasteiger partial charge in [-0.1, -0.05) is 60.7 Å². The molecule has 3 atom stereocenters. The Bertz CT molecular complexity index is 1110. The van der Waals surface area contributed by atoms with Gasteiger partial charge in [-0.25, -0.2) is 9.78 Å². The fourth-order valence-electron chi connectivity index (χ4n) is 4.65. The van der Waals surface area contributed by atoms with Gasteiger partial charge in [-0.2, -0.15) is 0 Å². The first kappa shape index (κ1) is 24.0. The van der Waals surface area contributed by atoms with E-state index in [1.807, 2.05) is 98.6 Å². The first-order valence-electron chi connectivity index (χ1n) is 11.5. The van der Waals surface area contributed by atoms with Gasteiger partial charge >= 0.3 is 6.09 Å². The summed E-state index contributed by atoms with van der Waals surface area (Å²) < 4.78 is 5.67. The van der Waals surface area contributed by atoms with E-state index in [-0.39, 0.29) is 17.9 Å².